The number of nitrogens with zero attached hydrogens (tertiary/aromatic N) is 3. The lowest BCUT2D eigenvalue weighted by atomic mass is 9.71. The number of nitro benzene ring substituents is 2. The van der Waals surface area contributed by atoms with E-state index in [1.165, 1.54) is 24.3 Å². The lowest BCUT2D eigenvalue weighted by Crippen LogP contribution is -2.30. The SMILES string of the molecule is O=[N+]([O-])c1ccc(N/N=C2\[C@H]3[C@H]4[C@@H]5C[C@H]6[C@H]4[C@H](Br)[C@@H]3[C@@H]6[C@@H]25)c([N+](=O)[O-])c1. The summed E-state index contributed by atoms with van der Waals surface area (Å²) in [6.07, 6.45) is 1.32. The zero-order valence-electron chi connectivity index (χ0n) is 13.5. The number of hydrogen-bond acceptors (Lipinski definition) is 6. The minimum Gasteiger partial charge on any atom is -0.272 e. The molecular formula is C17H15BrN4O4. The van der Waals surface area contributed by atoms with E-state index in [0.29, 0.717) is 22.6 Å². The number of nitrogens with one attached hydrogen (secondary N) is 1. The molecule has 0 aliphatic heterocycles. The van der Waals surface area contributed by atoms with Crippen molar-refractivity contribution in [1.29, 1.82) is 0 Å². The maximum absolute atomic E-state index is 11.3. The molecular weight excluding hydrogens is 404 g/mol. The van der Waals surface area contributed by atoms with Gasteiger partial charge in [-0.1, -0.05) is 15.9 Å². The van der Waals surface area contributed by atoms with E-state index in [-0.39, 0.29) is 17.1 Å². The molecule has 0 amide bonds. The van der Waals surface area contributed by atoms with Crippen LogP contribution in [0.2, 0.25) is 0 Å². The van der Waals surface area contributed by atoms with Crippen LogP contribution in [0.3, 0.4) is 0 Å². The van der Waals surface area contributed by atoms with Gasteiger partial charge in [-0.2, -0.15) is 5.10 Å². The van der Waals surface area contributed by atoms with Crippen molar-refractivity contribution in [2.24, 2.45) is 52.4 Å². The highest BCUT2D eigenvalue weighted by molar-refractivity contribution is 9.09. The summed E-state index contributed by atoms with van der Waals surface area (Å²) in [4.78, 5) is 21.5. The highest BCUT2D eigenvalue weighted by atomic mass is 79.9. The lowest BCUT2D eigenvalue weighted by Gasteiger charge is -2.32. The minimum atomic E-state index is -0.631. The average molecular weight is 419 g/mol. The first-order valence-corrected chi connectivity index (χ1v) is 9.81. The topological polar surface area (TPSA) is 111 Å². The molecule has 6 aliphatic rings. The quantitative estimate of drug-likeness (QED) is 0.457. The Morgan fingerprint density at radius 2 is 1.81 bits per heavy atom. The molecule has 1 aromatic rings. The highest BCUT2D eigenvalue weighted by Gasteiger charge is 2.82. The Bertz CT molecular complexity index is 918. The Kier molecular flexibility index (Phi) is 2.68. The van der Waals surface area contributed by atoms with E-state index in [1.54, 1.807) is 0 Å². The van der Waals surface area contributed by atoms with E-state index >= 15 is 0 Å². The summed E-state index contributed by atoms with van der Waals surface area (Å²) in [5.41, 5.74) is 3.66. The molecule has 6 fully saturated rings. The van der Waals surface area contributed by atoms with Crippen LogP contribution in [0.4, 0.5) is 17.1 Å². The van der Waals surface area contributed by atoms with Crippen LogP contribution >= 0.6 is 15.9 Å². The molecule has 0 unspecified atom stereocenters. The fourth-order valence-corrected chi connectivity index (χ4v) is 8.80. The van der Waals surface area contributed by atoms with E-state index in [0.717, 1.165) is 35.7 Å². The molecule has 26 heavy (non-hydrogen) atoms. The lowest BCUT2D eigenvalue weighted by molar-refractivity contribution is -0.393. The predicted molar refractivity (Wildman–Crippen MR) is 96.1 cm³/mol. The summed E-state index contributed by atoms with van der Waals surface area (Å²) in [5, 5.41) is 26.8. The van der Waals surface area contributed by atoms with Gasteiger partial charge < -0.3 is 0 Å². The zero-order valence-corrected chi connectivity index (χ0v) is 15.1. The van der Waals surface area contributed by atoms with E-state index in [1.807, 2.05) is 0 Å². The second-order valence-corrected chi connectivity index (χ2v) is 9.29. The first kappa shape index (κ1) is 15.1. The smallest absolute Gasteiger partial charge is 0.272 e. The average Bonchev–Trinajstić information content (AvgIpc) is 3.35. The third-order valence-electron chi connectivity index (χ3n) is 7.73. The van der Waals surface area contributed by atoms with Crippen molar-refractivity contribution in [3.8, 4) is 0 Å². The molecule has 134 valence electrons. The molecule has 8 nitrogen and oxygen atoms in total. The Labute approximate surface area is 156 Å². The van der Waals surface area contributed by atoms with Gasteiger partial charge in [0.15, 0.2) is 0 Å². The maximum atomic E-state index is 11.3. The van der Waals surface area contributed by atoms with Crippen LogP contribution in [0.15, 0.2) is 23.3 Å². The van der Waals surface area contributed by atoms with E-state index in [9.17, 15) is 20.2 Å². The van der Waals surface area contributed by atoms with Crippen molar-refractivity contribution in [3.05, 3.63) is 38.4 Å². The number of non-ortho nitro benzene ring substituents is 1. The second kappa shape index (κ2) is 4.62. The Balaban J connectivity index is 1.35. The van der Waals surface area contributed by atoms with Gasteiger partial charge in [0.25, 0.3) is 5.69 Å². The van der Waals surface area contributed by atoms with E-state index in [2.05, 4.69) is 26.5 Å². The third-order valence-corrected chi connectivity index (χ3v) is 8.96. The van der Waals surface area contributed by atoms with Crippen molar-refractivity contribution in [2.75, 3.05) is 5.43 Å². The van der Waals surface area contributed by atoms with Gasteiger partial charge in [0.05, 0.1) is 15.9 Å². The number of anilines is 1. The van der Waals surface area contributed by atoms with Crippen molar-refractivity contribution in [3.63, 3.8) is 0 Å². The van der Waals surface area contributed by atoms with Gasteiger partial charge in [0.2, 0.25) is 0 Å². The van der Waals surface area contributed by atoms with Crippen LogP contribution in [-0.4, -0.2) is 20.4 Å². The van der Waals surface area contributed by atoms with E-state index < -0.39 is 9.85 Å². The fourth-order valence-electron chi connectivity index (χ4n) is 7.38. The predicted octanol–water partition coefficient (Wildman–Crippen LogP) is 3.42. The van der Waals surface area contributed by atoms with Gasteiger partial charge in [-0.15, -0.1) is 0 Å². The maximum Gasteiger partial charge on any atom is 0.301 e. The molecule has 9 heteroatoms. The van der Waals surface area contributed by atoms with Gasteiger partial charge in [0, 0.05) is 28.4 Å². The monoisotopic (exact) mass is 418 g/mol. The molecule has 6 bridgehead atoms. The van der Waals surface area contributed by atoms with Crippen molar-refractivity contribution >= 4 is 38.7 Å². The zero-order chi connectivity index (χ0) is 17.9. The molecule has 1 N–H and O–H groups in total. The fraction of sp³-hybridized carbons (Fsp3) is 0.588. The van der Waals surface area contributed by atoms with Crippen LogP contribution in [-0.2, 0) is 0 Å². The summed E-state index contributed by atoms with van der Waals surface area (Å²) in [7, 11) is 0. The molecule has 1 aromatic carbocycles. The van der Waals surface area contributed by atoms with Gasteiger partial charge >= 0.3 is 5.69 Å². The number of hydrazone groups is 1. The summed E-state index contributed by atoms with van der Waals surface area (Å²) in [6.45, 7) is 0. The Morgan fingerprint density at radius 3 is 2.50 bits per heavy atom. The van der Waals surface area contributed by atoms with Crippen LogP contribution in [0.5, 0.6) is 0 Å². The first-order chi connectivity index (χ1) is 12.5. The first-order valence-electron chi connectivity index (χ1n) is 8.89. The van der Waals surface area contributed by atoms with Gasteiger partial charge in [-0.3, -0.25) is 25.7 Å². The number of hydrogen-bond donors (Lipinski definition) is 1. The molecule has 0 spiro atoms. The number of nitro groups is 2. The standard InChI is InChI=1S/C17H15BrN4O4/c18-16-12-6-4-7-10(12)15-14(16)11(6)13(7)17(15)20-19-8-2-1-5(21(23)24)3-9(8)22(25)26/h1-3,6-7,10-16,19H,4H2/b20-17-/t6-,7+,10+,11+,12-,13+,14-,15+,16+/m1/s1. The number of halogens is 1. The Hall–Kier alpha value is -2.03. The molecule has 6 saturated carbocycles. The van der Waals surface area contributed by atoms with Crippen molar-refractivity contribution in [2.45, 2.75) is 11.2 Å². The molecule has 0 saturated heterocycles. The third kappa shape index (κ3) is 1.51. The molecule has 9 atom stereocenters. The van der Waals surface area contributed by atoms with Gasteiger partial charge in [0.1, 0.15) is 5.69 Å². The normalized spacial score (nSPS) is 46.8. The van der Waals surface area contributed by atoms with Crippen molar-refractivity contribution in [1.82, 2.24) is 0 Å². The number of alkyl halides is 1. The van der Waals surface area contributed by atoms with E-state index in [4.69, 9.17) is 0 Å². The largest absolute Gasteiger partial charge is 0.301 e. The molecule has 7 rings (SSSR count). The van der Waals surface area contributed by atoms with Crippen LogP contribution in [0.25, 0.3) is 0 Å². The molecule has 0 aromatic heterocycles. The molecule has 0 heterocycles. The van der Waals surface area contributed by atoms with Gasteiger partial charge in [-0.25, -0.2) is 0 Å². The second-order valence-electron chi connectivity index (χ2n) is 8.23. The molecule has 0 radical (unpaired) electrons. The summed E-state index contributed by atoms with van der Waals surface area (Å²) < 4.78 is 0. The number of rotatable bonds is 4. The highest BCUT2D eigenvalue weighted by Crippen LogP contribution is 2.82. The van der Waals surface area contributed by atoms with Gasteiger partial charge in [-0.05, 0) is 48.0 Å². The van der Waals surface area contributed by atoms with Crippen LogP contribution < -0.4 is 5.43 Å². The number of benzene rings is 1. The van der Waals surface area contributed by atoms with Crippen LogP contribution in [0, 0.1) is 67.6 Å². The molecule has 6 aliphatic carbocycles. The summed E-state index contributed by atoms with van der Waals surface area (Å²) >= 11 is 3.93. The summed E-state index contributed by atoms with van der Waals surface area (Å²) in [5.74, 6) is 5.54. The van der Waals surface area contributed by atoms with Crippen molar-refractivity contribution < 1.29 is 9.85 Å². The summed E-state index contributed by atoms with van der Waals surface area (Å²) in [6, 6.07) is 3.63. The Morgan fingerprint density at radius 1 is 1.04 bits per heavy atom. The van der Waals surface area contributed by atoms with Crippen LogP contribution in [0.1, 0.15) is 6.42 Å². The minimum absolute atomic E-state index is 0.210.